The summed E-state index contributed by atoms with van der Waals surface area (Å²) in [4.78, 5) is 169. The molecule has 7 aromatic rings. The first-order chi connectivity index (χ1) is 60.7. The minimum Gasteiger partial charge on any atom is -0.503 e. The molecule has 19 rings (SSSR count). The summed E-state index contributed by atoms with van der Waals surface area (Å²) in [7, 11) is 0. The van der Waals surface area contributed by atoms with Crippen molar-refractivity contribution in [2.24, 2.45) is 23.7 Å². The number of ether oxygens (including phenoxy) is 2. The van der Waals surface area contributed by atoms with Crippen LogP contribution < -0.4 is 47.1 Å². The Kier molecular flexibility index (Phi) is 24.2. The predicted octanol–water partition coefficient (Wildman–Crippen LogP) is 9.68. The third kappa shape index (κ3) is 16.4. The number of aromatic hydroxyl groups is 2. The van der Waals surface area contributed by atoms with E-state index in [0.29, 0.717) is 119 Å². The van der Waals surface area contributed by atoms with E-state index in [1.807, 2.05) is 23.6 Å². The van der Waals surface area contributed by atoms with Crippen LogP contribution in [0, 0.1) is 76.0 Å². The lowest BCUT2D eigenvalue weighted by molar-refractivity contribution is -0.156. The third-order valence-electron chi connectivity index (χ3n) is 26.6. The van der Waals surface area contributed by atoms with Crippen LogP contribution in [-0.4, -0.2) is 175 Å². The van der Waals surface area contributed by atoms with Gasteiger partial charge in [-0.1, -0.05) is 26.7 Å². The lowest BCUT2D eigenvalue weighted by Crippen LogP contribution is -2.56. The van der Waals surface area contributed by atoms with Gasteiger partial charge in [0.25, 0.3) is 41.4 Å². The van der Waals surface area contributed by atoms with Crippen molar-refractivity contribution in [3.05, 3.63) is 216 Å². The highest BCUT2D eigenvalue weighted by Crippen LogP contribution is 2.55. The lowest BCUT2D eigenvalue weighted by Gasteiger charge is -2.44. The zero-order valence-electron chi connectivity index (χ0n) is 68.7. The Morgan fingerprint density at radius 1 is 0.422 bits per heavy atom. The van der Waals surface area contributed by atoms with E-state index in [9.17, 15) is 126 Å². The summed E-state index contributed by atoms with van der Waals surface area (Å²) in [6.07, 6.45) is 13.5. The number of benzene rings is 3. The molecular formula is C87H85F12N11O18. The standard InChI is InChI=1S/C25H26F3N3O4.2C21H18F3N3O4.C18H22N2O5.C2HF3O/c1-2-3-6-35-22-20-24(34)31-11-14-4-5-25(31,9-14)13-30(20)12-17(21(22)32)23(33)29-10-16-18(27)7-15(26)8-19(16)28;2*22-11-3-14(23)12(15(24)4-11)6-25-19(30)13-8-26-9-21-2-1-10(5-21)7-27(21)20(31)16(26)18(29)17(13)28;1-2-3-6-25-15-13-16(22)20-8-11-4-5-18(20,7-11)10-19(13)9-12(14(15)21)17(23)24;3-2(4,5)1-6/h7-8,12,14H,2-6,9-11,13H2,1H3,(H,29,33);2*3-4,8,10,29H,1-2,5-7,9H2,(H,25,30);9,11H,2-8,10H2,1H3,(H,23,24);1H/t14-,25+;2*10-,21+;11-,18+;/m1111./s1. The minimum atomic E-state index is -4.64. The van der Waals surface area contributed by atoms with E-state index in [1.54, 1.807) is 18.9 Å². The molecular weight excluding hydrogens is 1710 g/mol. The molecule has 4 saturated carbocycles. The number of fused-ring (bicyclic) bond motifs is 8. The Morgan fingerprint density at radius 2 is 0.672 bits per heavy atom. The monoisotopic (exact) mass is 1800 g/mol. The number of carboxylic acids is 1. The Bertz CT molecular complexity index is 5840. The van der Waals surface area contributed by atoms with E-state index in [0.717, 1.165) is 103 Å². The number of piperidine rings is 4. The van der Waals surface area contributed by atoms with Crippen molar-refractivity contribution in [3.63, 3.8) is 0 Å². The second kappa shape index (κ2) is 34.4. The topological polar surface area (TPSA) is 370 Å². The number of pyridine rings is 4. The van der Waals surface area contributed by atoms with Crippen molar-refractivity contribution < 1.29 is 121 Å². The molecule has 4 aromatic heterocycles. The molecule has 7 amide bonds. The van der Waals surface area contributed by atoms with Crippen LogP contribution in [-0.2, 0) is 50.6 Å². The first-order valence-electron chi connectivity index (χ1n) is 41.7. The zero-order valence-corrected chi connectivity index (χ0v) is 68.7. The molecule has 8 aliphatic heterocycles. The minimum absolute atomic E-state index is 0.101. The second-order valence-electron chi connectivity index (χ2n) is 34.7. The number of carbonyl (C=O) groups is 9. The summed E-state index contributed by atoms with van der Waals surface area (Å²) in [6, 6.07) is 2.97. The van der Waals surface area contributed by atoms with Crippen LogP contribution in [0.25, 0.3) is 0 Å². The molecule has 128 heavy (non-hydrogen) atoms. The van der Waals surface area contributed by atoms with Crippen LogP contribution in [0.2, 0.25) is 0 Å². The molecule has 8 bridgehead atoms. The molecule has 4 saturated heterocycles. The first kappa shape index (κ1) is 90.1. The van der Waals surface area contributed by atoms with Crippen LogP contribution in [0.4, 0.5) is 52.7 Å². The van der Waals surface area contributed by atoms with Gasteiger partial charge in [-0.25, -0.2) is 44.3 Å². The fraction of sp³-hybridized carbons (Fsp3) is 0.460. The van der Waals surface area contributed by atoms with Crippen molar-refractivity contribution in [1.82, 2.24) is 53.8 Å². The lowest BCUT2D eigenvalue weighted by atomic mass is 9.93. The van der Waals surface area contributed by atoms with Gasteiger partial charge in [0.1, 0.15) is 74.6 Å². The molecule has 41 heteroatoms. The highest BCUT2D eigenvalue weighted by atomic mass is 19.4. The van der Waals surface area contributed by atoms with Crippen LogP contribution in [0.1, 0.15) is 217 Å². The van der Waals surface area contributed by atoms with Gasteiger partial charge in [-0.05, 0) is 114 Å². The quantitative estimate of drug-likeness (QED) is 0.0264. The van der Waals surface area contributed by atoms with Crippen LogP contribution in [0.15, 0.2) is 80.4 Å². The number of rotatable bonds is 18. The van der Waals surface area contributed by atoms with E-state index < -0.39 is 181 Å². The Labute approximate surface area is 718 Å². The van der Waals surface area contributed by atoms with Crippen molar-refractivity contribution in [3.8, 4) is 23.0 Å². The number of nitrogens with one attached hydrogen (secondary N) is 3. The largest absolute Gasteiger partial charge is 0.503 e. The van der Waals surface area contributed by atoms with Crippen LogP contribution >= 0.6 is 0 Å². The van der Waals surface area contributed by atoms with E-state index >= 15 is 0 Å². The fourth-order valence-corrected chi connectivity index (χ4v) is 20.7. The van der Waals surface area contributed by atoms with E-state index in [4.69, 9.17) is 14.3 Å². The van der Waals surface area contributed by atoms with Crippen molar-refractivity contribution in [1.29, 1.82) is 0 Å². The van der Waals surface area contributed by atoms with Gasteiger partial charge in [0.15, 0.2) is 45.8 Å². The first-order valence-corrected chi connectivity index (χ1v) is 41.7. The molecule has 12 aliphatic rings. The van der Waals surface area contributed by atoms with Crippen molar-refractivity contribution >= 4 is 53.6 Å². The number of aromatic nitrogens is 4. The van der Waals surface area contributed by atoms with Gasteiger partial charge in [-0.2, -0.15) is 13.2 Å². The molecule has 3 aromatic carbocycles. The summed E-state index contributed by atoms with van der Waals surface area (Å²) in [5, 5.41) is 37.0. The SMILES string of the molecule is CCCCOc1c2n(cc(C(=O)NCc3c(F)cc(F)cc3F)c1=O)C[C@@]13CC[C@@H](CN1C2=O)C3.CCCCOc1c2n(cc(C(=O)O)c1=O)C[C@@]13CC[C@@H](CN1C2=O)C3.O=C(NCc1c(F)cc(F)cc1F)c1cn2c(c(O)c1=O)C(=O)N1C[C@@H]3CC[C@]1(C3)C2.O=C(NCc1c(F)cc(F)cc1F)c1cn2c(c(O)c1=O)C(=O)N1C[C@@H]3CC[C@]1(C3)C2.O=CC(F)(F)F. The number of aldehydes is 1. The van der Waals surface area contributed by atoms with Gasteiger partial charge in [-0.3, -0.25) is 57.5 Å². The molecule has 680 valence electrons. The normalized spacial score (nSPS) is 23.2. The predicted molar refractivity (Wildman–Crippen MR) is 423 cm³/mol. The number of alkyl halides is 3. The van der Waals surface area contributed by atoms with E-state index in [2.05, 4.69) is 16.0 Å². The number of carbonyl (C=O) groups excluding carboxylic acids is 8. The maximum atomic E-state index is 14.0. The molecule has 12 heterocycles. The maximum absolute atomic E-state index is 14.0. The van der Waals surface area contributed by atoms with Gasteiger partial charge < -0.3 is 78.6 Å². The summed E-state index contributed by atoms with van der Waals surface area (Å²) in [6.45, 7) is 6.84. The van der Waals surface area contributed by atoms with Crippen LogP contribution in [0.5, 0.6) is 23.0 Å². The number of carboxylic acid groups (broad SMARTS) is 1. The second-order valence-corrected chi connectivity index (χ2v) is 34.7. The Hall–Kier alpha value is -12.8. The Morgan fingerprint density at radius 3 is 0.930 bits per heavy atom. The molecule has 0 unspecified atom stereocenters. The average Bonchev–Trinajstić information content (AvgIpc) is 1.52. The number of hydrogen-bond donors (Lipinski definition) is 6. The van der Waals surface area contributed by atoms with Crippen molar-refractivity contribution in [2.75, 3.05) is 39.4 Å². The van der Waals surface area contributed by atoms with Gasteiger partial charge >= 0.3 is 12.1 Å². The number of hydrogen-bond acceptors (Lipinski definition) is 17. The third-order valence-corrected chi connectivity index (χ3v) is 26.6. The number of halogens is 12. The molecule has 29 nitrogen and oxygen atoms in total. The van der Waals surface area contributed by atoms with Gasteiger partial charge in [0.05, 0.1) is 35.4 Å². The highest BCUT2D eigenvalue weighted by molar-refractivity contribution is 6.03. The number of amides is 7. The van der Waals surface area contributed by atoms with Gasteiger partial charge in [-0.15, -0.1) is 0 Å². The summed E-state index contributed by atoms with van der Waals surface area (Å²) in [5.74, 6) is -15.9. The zero-order chi connectivity index (χ0) is 92.0. The summed E-state index contributed by atoms with van der Waals surface area (Å²) in [5.41, 5.74) is -8.01. The smallest absolute Gasteiger partial charge is 0.446 e. The molecule has 8 fully saturated rings. The molecule has 4 spiro atoms. The highest BCUT2D eigenvalue weighted by Gasteiger charge is 2.60. The maximum Gasteiger partial charge on any atom is 0.446 e. The molecule has 8 atom stereocenters. The fourth-order valence-electron chi connectivity index (χ4n) is 20.7. The average molecular weight is 1800 g/mol. The van der Waals surface area contributed by atoms with Crippen molar-refractivity contribution in [2.45, 2.75) is 191 Å². The molecule has 6 N–H and O–H groups in total. The number of aromatic carboxylic acids is 1. The summed E-state index contributed by atoms with van der Waals surface area (Å²) < 4.78 is 171. The number of nitrogens with zero attached hydrogens (tertiary/aromatic N) is 8. The molecule has 4 aliphatic carbocycles. The van der Waals surface area contributed by atoms with E-state index in [-0.39, 0.29) is 86.0 Å². The van der Waals surface area contributed by atoms with Gasteiger partial charge in [0.2, 0.25) is 28.0 Å². The van der Waals surface area contributed by atoms with Gasteiger partial charge in [0, 0.05) is 150 Å². The number of unbranched alkanes of at least 4 members (excludes halogenated alkanes) is 2. The van der Waals surface area contributed by atoms with E-state index in [1.165, 1.54) is 33.9 Å². The summed E-state index contributed by atoms with van der Waals surface area (Å²) >= 11 is 0. The Balaban J connectivity index is 0.000000129. The molecule has 0 radical (unpaired) electrons. The van der Waals surface area contributed by atoms with Crippen LogP contribution in [0.3, 0.4) is 0 Å².